The number of esters is 1. The van der Waals surface area contributed by atoms with E-state index in [1.807, 2.05) is 0 Å². The first-order chi connectivity index (χ1) is 13.7. The van der Waals surface area contributed by atoms with Crippen molar-refractivity contribution in [3.63, 3.8) is 0 Å². The maximum Gasteiger partial charge on any atom is 0.387 e. The molecule has 1 N–H and O–H groups in total. The van der Waals surface area contributed by atoms with Gasteiger partial charge in [0.15, 0.2) is 17.3 Å². The molecule has 0 aliphatic carbocycles. The van der Waals surface area contributed by atoms with Gasteiger partial charge in [-0.25, -0.2) is 4.79 Å². The van der Waals surface area contributed by atoms with Crippen LogP contribution in [-0.2, 0) is 16.1 Å². The number of alkyl halides is 2. The number of rotatable bonds is 9. The summed E-state index contributed by atoms with van der Waals surface area (Å²) in [4.78, 5) is 34.3. The van der Waals surface area contributed by atoms with E-state index in [9.17, 15) is 28.5 Å². The molecule has 1 aromatic carbocycles. The largest absolute Gasteiger partial charge is 0.493 e. The second-order valence-electron chi connectivity index (χ2n) is 5.55. The Morgan fingerprint density at radius 1 is 1.31 bits per heavy atom. The van der Waals surface area contributed by atoms with E-state index in [2.05, 4.69) is 10.1 Å². The van der Waals surface area contributed by atoms with E-state index < -0.39 is 47.5 Å². The topological polar surface area (TPSA) is 130 Å². The lowest BCUT2D eigenvalue weighted by Gasteiger charge is -2.14. The van der Waals surface area contributed by atoms with Gasteiger partial charge >= 0.3 is 12.6 Å². The standard InChI is InChI=1S/C17H16F2N2O8/c1-9(20-15(22)12-4-3-5-27-12)16(23)28-8-10-6-13(26-2)14(29-17(18)19)7-11(10)21(24)25/h3-7,9,17H,8H2,1-2H3,(H,20,22)/t9-/m0/s1. The quantitative estimate of drug-likeness (QED) is 0.377. The zero-order valence-electron chi connectivity index (χ0n) is 15.2. The van der Waals surface area contributed by atoms with Crippen LogP contribution in [-0.4, -0.2) is 36.6 Å². The van der Waals surface area contributed by atoms with Gasteiger partial charge in [0.25, 0.3) is 11.6 Å². The molecule has 2 rings (SSSR count). The molecule has 0 spiro atoms. The molecular weight excluding hydrogens is 398 g/mol. The van der Waals surface area contributed by atoms with Gasteiger partial charge in [-0.3, -0.25) is 14.9 Å². The van der Waals surface area contributed by atoms with Gasteiger partial charge in [0.2, 0.25) is 0 Å². The van der Waals surface area contributed by atoms with Crippen LogP contribution in [0.5, 0.6) is 11.5 Å². The van der Waals surface area contributed by atoms with Crippen molar-refractivity contribution >= 4 is 17.6 Å². The molecule has 0 aliphatic heterocycles. The summed E-state index contributed by atoms with van der Waals surface area (Å²) in [5.41, 5.74) is -0.729. The number of halogens is 2. The minimum absolute atomic E-state index is 0.0142. The molecule has 156 valence electrons. The number of nitrogens with zero attached hydrogens (tertiary/aromatic N) is 1. The van der Waals surface area contributed by atoms with Crippen molar-refractivity contribution in [1.29, 1.82) is 0 Å². The Hall–Kier alpha value is -3.70. The summed E-state index contributed by atoms with van der Waals surface area (Å²) in [6, 6.07) is 3.60. The first kappa shape index (κ1) is 21.6. The van der Waals surface area contributed by atoms with Gasteiger partial charge < -0.3 is 23.9 Å². The smallest absolute Gasteiger partial charge is 0.387 e. The molecule has 0 bridgehead atoms. The van der Waals surface area contributed by atoms with E-state index >= 15 is 0 Å². The molecule has 0 unspecified atom stereocenters. The molecule has 1 heterocycles. The number of hydrogen-bond donors (Lipinski definition) is 1. The molecule has 29 heavy (non-hydrogen) atoms. The van der Waals surface area contributed by atoms with Crippen LogP contribution in [0.15, 0.2) is 34.9 Å². The predicted octanol–water partition coefficient (Wildman–Crippen LogP) is 2.66. The van der Waals surface area contributed by atoms with Gasteiger partial charge in [0.1, 0.15) is 12.6 Å². The number of ether oxygens (including phenoxy) is 3. The van der Waals surface area contributed by atoms with E-state index in [1.54, 1.807) is 0 Å². The Labute approximate surface area is 162 Å². The van der Waals surface area contributed by atoms with Crippen molar-refractivity contribution in [3.8, 4) is 11.5 Å². The lowest BCUT2D eigenvalue weighted by atomic mass is 10.1. The average molecular weight is 414 g/mol. The van der Waals surface area contributed by atoms with Crippen LogP contribution in [0.2, 0.25) is 0 Å². The molecule has 1 aromatic heterocycles. The zero-order valence-corrected chi connectivity index (χ0v) is 15.2. The van der Waals surface area contributed by atoms with Crippen LogP contribution in [0.4, 0.5) is 14.5 Å². The van der Waals surface area contributed by atoms with Crippen LogP contribution in [0.1, 0.15) is 23.0 Å². The number of carbonyl (C=O) groups excluding carboxylic acids is 2. The molecule has 0 radical (unpaired) electrons. The number of amides is 1. The van der Waals surface area contributed by atoms with Crippen LogP contribution in [0, 0.1) is 10.1 Å². The number of methoxy groups -OCH3 is 1. The molecule has 2 aromatic rings. The summed E-state index contributed by atoms with van der Waals surface area (Å²) >= 11 is 0. The summed E-state index contributed by atoms with van der Waals surface area (Å²) < 4.78 is 43.9. The minimum Gasteiger partial charge on any atom is -0.493 e. The molecule has 12 heteroatoms. The molecule has 0 aliphatic rings. The van der Waals surface area contributed by atoms with E-state index in [-0.39, 0.29) is 17.1 Å². The number of furan rings is 1. The molecule has 1 amide bonds. The van der Waals surface area contributed by atoms with Crippen molar-refractivity contribution in [2.24, 2.45) is 0 Å². The molecule has 0 saturated carbocycles. The summed E-state index contributed by atoms with van der Waals surface area (Å²) in [7, 11) is 1.15. The van der Waals surface area contributed by atoms with Gasteiger partial charge in [-0.2, -0.15) is 8.78 Å². The van der Waals surface area contributed by atoms with E-state index in [4.69, 9.17) is 13.9 Å². The molecular formula is C17H16F2N2O8. The van der Waals surface area contributed by atoms with Crippen LogP contribution >= 0.6 is 0 Å². The number of nitrogens with one attached hydrogen (secondary N) is 1. The summed E-state index contributed by atoms with van der Waals surface area (Å²) in [6.07, 6.45) is 1.28. The van der Waals surface area contributed by atoms with Crippen molar-refractivity contribution in [3.05, 3.63) is 52.0 Å². The molecule has 10 nitrogen and oxygen atoms in total. The SMILES string of the molecule is COc1cc(COC(=O)[C@H](C)NC(=O)c2ccco2)c([N+](=O)[O-])cc1OC(F)F. The van der Waals surface area contributed by atoms with Crippen molar-refractivity contribution in [2.75, 3.05) is 7.11 Å². The van der Waals surface area contributed by atoms with Gasteiger partial charge in [-0.1, -0.05) is 0 Å². The second-order valence-corrected chi connectivity index (χ2v) is 5.55. The van der Waals surface area contributed by atoms with Gasteiger partial charge in [0.05, 0.1) is 29.9 Å². The number of benzene rings is 1. The fraction of sp³-hybridized carbons (Fsp3) is 0.294. The Morgan fingerprint density at radius 3 is 2.59 bits per heavy atom. The number of carbonyl (C=O) groups is 2. The minimum atomic E-state index is -3.22. The highest BCUT2D eigenvalue weighted by Crippen LogP contribution is 2.36. The predicted molar refractivity (Wildman–Crippen MR) is 91.7 cm³/mol. The zero-order chi connectivity index (χ0) is 21.6. The van der Waals surface area contributed by atoms with Crippen LogP contribution in [0.3, 0.4) is 0 Å². The average Bonchev–Trinajstić information content (AvgIpc) is 3.20. The Bertz CT molecular complexity index is 886. The Kier molecular flexibility index (Phi) is 7.06. The van der Waals surface area contributed by atoms with Gasteiger partial charge in [0, 0.05) is 0 Å². The highest BCUT2D eigenvalue weighted by atomic mass is 19.3. The van der Waals surface area contributed by atoms with E-state index in [0.717, 1.165) is 19.2 Å². The fourth-order valence-electron chi connectivity index (χ4n) is 2.23. The van der Waals surface area contributed by atoms with Gasteiger partial charge in [-0.05, 0) is 25.1 Å². The molecule has 0 saturated heterocycles. The highest BCUT2D eigenvalue weighted by molar-refractivity contribution is 5.94. The van der Waals surface area contributed by atoms with Crippen molar-refractivity contribution in [1.82, 2.24) is 5.32 Å². The van der Waals surface area contributed by atoms with E-state index in [0.29, 0.717) is 0 Å². The van der Waals surface area contributed by atoms with Crippen molar-refractivity contribution < 1.29 is 41.9 Å². The summed E-state index contributed by atoms with van der Waals surface area (Å²) in [6.45, 7) is -2.44. The van der Waals surface area contributed by atoms with Crippen LogP contribution < -0.4 is 14.8 Å². The van der Waals surface area contributed by atoms with Crippen LogP contribution in [0.25, 0.3) is 0 Å². The first-order valence-corrected chi connectivity index (χ1v) is 8.04. The number of nitro groups is 1. The normalized spacial score (nSPS) is 11.6. The highest BCUT2D eigenvalue weighted by Gasteiger charge is 2.24. The van der Waals surface area contributed by atoms with Gasteiger partial charge in [-0.15, -0.1) is 0 Å². The fourth-order valence-corrected chi connectivity index (χ4v) is 2.23. The summed E-state index contributed by atoms with van der Waals surface area (Å²) in [5, 5.41) is 13.6. The van der Waals surface area contributed by atoms with Crippen molar-refractivity contribution in [2.45, 2.75) is 26.2 Å². The Balaban J connectivity index is 2.10. The maximum absolute atomic E-state index is 12.5. The maximum atomic E-state index is 12.5. The number of nitro benzene ring substituents is 1. The third kappa shape index (κ3) is 5.64. The number of hydrogen-bond acceptors (Lipinski definition) is 8. The Morgan fingerprint density at radius 2 is 2.03 bits per heavy atom. The molecule has 0 fully saturated rings. The summed E-state index contributed by atoms with van der Waals surface area (Å²) in [5.74, 6) is -2.30. The third-order valence-corrected chi connectivity index (χ3v) is 3.59. The monoisotopic (exact) mass is 414 g/mol. The lowest BCUT2D eigenvalue weighted by molar-refractivity contribution is -0.386. The first-order valence-electron chi connectivity index (χ1n) is 8.04. The molecule has 1 atom stereocenters. The third-order valence-electron chi connectivity index (χ3n) is 3.59. The van der Waals surface area contributed by atoms with E-state index in [1.165, 1.54) is 25.3 Å². The lowest BCUT2D eigenvalue weighted by Crippen LogP contribution is -2.39. The second kappa shape index (κ2) is 9.48.